The number of nitrogen functional groups attached to an aromatic ring is 1. The molecule has 0 saturated heterocycles. The molecule has 1 aliphatic carbocycles. The van der Waals surface area contributed by atoms with Crippen LogP contribution in [0.1, 0.15) is 25.7 Å². The van der Waals surface area contributed by atoms with Gasteiger partial charge in [-0.15, -0.1) is 0 Å². The Labute approximate surface area is 123 Å². The van der Waals surface area contributed by atoms with Gasteiger partial charge >= 0.3 is 0 Å². The molecular formula is C15H19N5O. The van der Waals surface area contributed by atoms with E-state index in [1.54, 1.807) is 0 Å². The van der Waals surface area contributed by atoms with Gasteiger partial charge in [0.25, 0.3) is 0 Å². The fourth-order valence-corrected chi connectivity index (χ4v) is 3.05. The molecule has 1 aromatic carbocycles. The molecule has 6 nitrogen and oxygen atoms in total. The van der Waals surface area contributed by atoms with E-state index >= 15 is 0 Å². The minimum Gasteiger partial charge on any atom is -0.399 e. The van der Waals surface area contributed by atoms with Gasteiger partial charge in [-0.2, -0.15) is 0 Å². The van der Waals surface area contributed by atoms with Crippen LogP contribution >= 0.6 is 0 Å². The number of carbonyl (C=O) groups excluding carboxylic acids is 1. The molecule has 1 heterocycles. The first-order valence-electron chi connectivity index (χ1n) is 7.20. The number of aromatic nitrogens is 2. The van der Waals surface area contributed by atoms with Gasteiger partial charge in [0.05, 0.1) is 12.1 Å². The number of nitrogens with zero attached hydrogens (tertiary/aromatic N) is 3. The number of hydrogen-bond acceptors (Lipinski definition) is 5. The third-order valence-electron chi connectivity index (χ3n) is 4.00. The highest BCUT2D eigenvalue weighted by Crippen LogP contribution is 2.31. The molecule has 6 heteroatoms. The largest absolute Gasteiger partial charge is 0.399 e. The van der Waals surface area contributed by atoms with Gasteiger partial charge in [-0.05, 0) is 31.0 Å². The first-order valence-corrected chi connectivity index (χ1v) is 7.20. The van der Waals surface area contributed by atoms with Crippen LogP contribution in [0.5, 0.6) is 0 Å². The Morgan fingerprint density at radius 1 is 1.29 bits per heavy atom. The fraction of sp³-hybridized carbons (Fsp3) is 0.400. The van der Waals surface area contributed by atoms with Crippen LogP contribution in [0.15, 0.2) is 24.5 Å². The third-order valence-corrected chi connectivity index (χ3v) is 4.00. The van der Waals surface area contributed by atoms with Crippen molar-refractivity contribution < 1.29 is 4.79 Å². The number of amides is 1. The lowest BCUT2D eigenvalue weighted by Crippen LogP contribution is -2.40. The molecule has 1 amide bonds. The van der Waals surface area contributed by atoms with Crippen LogP contribution in [-0.2, 0) is 4.79 Å². The average Bonchev–Trinajstić information content (AvgIpc) is 2.98. The van der Waals surface area contributed by atoms with Crippen LogP contribution in [0.25, 0.3) is 10.9 Å². The van der Waals surface area contributed by atoms with Crippen LogP contribution in [0.2, 0.25) is 0 Å². The number of anilines is 2. The van der Waals surface area contributed by atoms with E-state index in [1.807, 2.05) is 23.1 Å². The molecule has 0 spiro atoms. The Hall–Kier alpha value is -2.37. The molecule has 1 aromatic heterocycles. The van der Waals surface area contributed by atoms with Crippen molar-refractivity contribution in [3.8, 4) is 0 Å². The molecule has 0 radical (unpaired) electrons. The summed E-state index contributed by atoms with van der Waals surface area (Å²) in [5.41, 5.74) is 12.8. The molecule has 0 unspecified atom stereocenters. The number of hydrogen-bond donors (Lipinski definition) is 2. The van der Waals surface area contributed by atoms with E-state index in [0.29, 0.717) is 11.7 Å². The van der Waals surface area contributed by atoms with Gasteiger partial charge in [0.15, 0.2) is 0 Å². The van der Waals surface area contributed by atoms with E-state index in [2.05, 4.69) is 9.97 Å². The van der Waals surface area contributed by atoms with E-state index in [9.17, 15) is 4.79 Å². The Balaban J connectivity index is 2.09. The molecule has 3 rings (SSSR count). The molecule has 0 bridgehead atoms. The smallest absolute Gasteiger partial charge is 0.237 e. The molecule has 4 N–H and O–H groups in total. The van der Waals surface area contributed by atoms with Crippen LogP contribution < -0.4 is 16.4 Å². The second kappa shape index (κ2) is 5.55. The quantitative estimate of drug-likeness (QED) is 0.828. The number of primary amides is 1. The molecule has 2 aromatic rings. The Morgan fingerprint density at radius 2 is 2.05 bits per heavy atom. The highest BCUT2D eigenvalue weighted by Gasteiger charge is 2.26. The second-order valence-corrected chi connectivity index (χ2v) is 5.51. The second-order valence-electron chi connectivity index (χ2n) is 5.51. The van der Waals surface area contributed by atoms with Gasteiger partial charge in [0.2, 0.25) is 5.91 Å². The van der Waals surface area contributed by atoms with E-state index in [0.717, 1.165) is 29.6 Å². The molecule has 0 atom stereocenters. The van der Waals surface area contributed by atoms with Gasteiger partial charge in [-0.25, -0.2) is 9.97 Å². The molecule has 1 saturated carbocycles. The van der Waals surface area contributed by atoms with Crippen molar-refractivity contribution in [1.29, 1.82) is 0 Å². The standard InChI is InChI=1S/C15H19N5O/c16-10-5-6-13-12(7-10)15(19-9-18-13)20(8-14(17)21)11-3-1-2-4-11/h5-7,9,11H,1-4,8,16H2,(H2,17,21). The van der Waals surface area contributed by atoms with Gasteiger partial charge < -0.3 is 16.4 Å². The minimum absolute atomic E-state index is 0.172. The lowest BCUT2D eigenvalue weighted by atomic mass is 10.1. The van der Waals surface area contributed by atoms with Crippen molar-refractivity contribution in [2.24, 2.45) is 5.73 Å². The zero-order chi connectivity index (χ0) is 14.8. The summed E-state index contributed by atoms with van der Waals surface area (Å²) in [7, 11) is 0. The molecule has 21 heavy (non-hydrogen) atoms. The van der Waals surface area contributed by atoms with E-state index in [4.69, 9.17) is 11.5 Å². The van der Waals surface area contributed by atoms with E-state index in [1.165, 1.54) is 19.2 Å². The molecular weight excluding hydrogens is 266 g/mol. The van der Waals surface area contributed by atoms with Gasteiger partial charge in [0.1, 0.15) is 12.1 Å². The monoisotopic (exact) mass is 285 g/mol. The highest BCUT2D eigenvalue weighted by molar-refractivity contribution is 5.93. The summed E-state index contributed by atoms with van der Waals surface area (Å²) in [6, 6.07) is 5.84. The summed E-state index contributed by atoms with van der Waals surface area (Å²) >= 11 is 0. The zero-order valence-electron chi connectivity index (χ0n) is 11.8. The van der Waals surface area contributed by atoms with Crippen molar-refractivity contribution in [2.75, 3.05) is 17.2 Å². The predicted octanol–water partition coefficient (Wildman–Crippen LogP) is 1.45. The Kier molecular flexibility index (Phi) is 3.60. The Bertz CT molecular complexity index is 666. The lowest BCUT2D eigenvalue weighted by molar-refractivity contribution is -0.116. The third kappa shape index (κ3) is 2.74. The van der Waals surface area contributed by atoms with E-state index < -0.39 is 0 Å². The predicted molar refractivity (Wildman–Crippen MR) is 82.7 cm³/mol. The highest BCUT2D eigenvalue weighted by atomic mass is 16.1. The summed E-state index contributed by atoms with van der Waals surface area (Å²) in [5.74, 6) is 0.399. The zero-order valence-corrected chi connectivity index (χ0v) is 11.8. The van der Waals surface area contributed by atoms with Crippen LogP contribution in [0, 0.1) is 0 Å². The summed E-state index contributed by atoms with van der Waals surface area (Å²) in [6.07, 6.45) is 5.98. The van der Waals surface area contributed by atoms with Crippen molar-refractivity contribution >= 4 is 28.3 Å². The maximum Gasteiger partial charge on any atom is 0.237 e. The van der Waals surface area contributed by atoms with Crippen molar-refractivity contribution in [3.05, 3.63) is 24.5 Å². The first kappa shape index (κ1) is 13.6. The van der Waals surface area contributed by atoms with Crippen LogP contribution in [-0.4, -0.2) is 28.5 Å². The van der Waals surface area contributed by atoms with Crippen molar-refractivity contribution in [2.45, 2.75) is 31.7 Å². The maximum atomic E-state index is 11.5. The number of rotatable bonds is 4. The van der Waals surface area contributed by atoms with Crippen molar-refractivity contribution in [3.63, 3.8) is 0 Å². The summed E-state index contributed by atoms with van der Waals surface area (Å²) in [5, 5.41) is 0.866. The molecule has 110 valence electrons. The van der Waals surface area contributed by atoms with Crippen LogP contribution in [0.3, 0.4) is 0 Å². The number of benzene rings is 1. The SMILES string of the molecule is NC(=O)CN(c1ncnc2ccc(N)cc12)C1CCCC1. The number of carbonyl (C=O) groups is 1. The maximum absolute atomic E-state index is 11.5. The van der Waals surface area contributed by atoms with Gasteiger partial charge in [-0.1, -0.05) is 12.8 Å². The molecule has 0 aliphatic heterocycles. The Morgan fingerprint density at radius 3 is 2.76 bits per heavy atom. The van der Waals surface area contributed by atoms with Crippen molar-refractivity contribution in [1.82, 2.24) is 9.97 Å². The summed E-state index contributed by atoms with van der Waals surface area (Å²) in [6.45, 7) is 0.172. The summed E-state index contributed by atoms with van der Waals surface area (Å²) < 4.78 is 0. The van der Waals surface area contributed by atoms with Gasteiger partial charge in [-0.3, -0.25) is 4.79 Å². The summed E-state index contributed by atoms with van der Waals surface area (Å²) in [4.78, 5) is 22.1. The number of nitrogens with two attached hydrogens (primary N) is 2. The molecule has 1 fully saturated rings. The minimum atomic E-state index is -0.349. The average molecular weight is 285 g/mol. The molecule has 1 aliphatic rings. The normalized spacial score (nSPS) is 15.4. The topological polar surface area (TPSA) is 98.1 Å². The van der Waals surface area contributed by atoms with Gasteiger partial charge in [0, 0.05) is 17.1 Å². The van der Waals surface area contributed by atoms with E-state index in [-0.39, 0.29) is 12.5 Å². The lowest BCUT2D eigenvalue weighted by Gasteiger charge is -2.29. The van der Waals surface area contributed by atoms with Crippen LogP contribution in [0.4, 0.5) is 11.5 Å². The first-order chi connectivity index (χ1) is 10.1. The fourth-order valence-electron chi connectivity index (χ4n) is 3.05. The number of fused-ring (bicyclic) bond motifs is 1.